The molecule has 7 nitrogen and oxygen atoms in total. The van der Waals surface area contributed by atoms with E-state index in [0.29, 0.717) is 31.5 Å². The minimum absolute atomic E-state index is 0.466. The molecule has 7 heteroatoms. The summed E-state index contributed by atoms with van der Waals surface area (Å²) >= 11 is 0. The van der Waals surface area contributed by atoms with Crippen molar-refractivity contribution in [2.75, 3.05) is 23.8 Å². The van der Waals surface area contributed by atoms with Crippen LogP contribution in [0.3, 0.4) is 0 Å². The van der Waals surface area contributed by atoms with Crippen LogP contribution in [-0.4, -0.2) is 28.4 Å². The molecule has 3 aromatic rings. The van der Waals surface area contributed by atoms with Gasteiger partial charge in [0.2, 0.25) is 5.95 Å². The van der Waals surface area contributed by atoms with Gasteiger partial charge in [0.15, 0.2) is 17.3 Å². The van der Waals surface area contributed by atoms with Crippen molar-refractivity contribution in [2.24, 2.45) is 0 Å². The number of ether oxygens (including phenoxy) is 2. The number of nitrogens with one attached hydrogen (secondary N) is 2. The van der Waals surface area contributed by atoms with E-state index in [1.807, 2.05) is 18.2 Å². The molecule has 0 bridgehead atoms. The third kappa shape index (κ3) is 3.83. The van der Waals surface area contributed by atoms with Gasteiger partial charge in [-0.1, -0.05) is 29.8 Å². The highest BCUT2D eigenvalue weighted by Gasteiger charge is 2.12. The van der Waals surface area contributed by atoms with Crippen LogP contribution in [-0.2, 0) is 6.54 Å². The van der Waals surface area contributed by atoms with E-state index in [0.717, 1.165) is 22.7 Å². The van der Waals surface area contributed by atoms with Gasteiger partial charge in [0.05, 0.1) is 6.20 Å². The number of aryl methyl sites for hydroxylation is 1. The third-order valence-electron chi connectivity index (χ3n) is 3.94. The fourth-order valence-electron chi connectivity index (χ4n) is 2.59. The molecule has 2 heterocycles. The maximum absolute atomic E-state index is 5.60. The van der Waals surface area contributed by atoms with E-state index in [4.69, 9.17) is 9.47 Å². The number of nitrogens with zero attached hydrogens (tertiary/aromatic N) is 3. The third-order valence-corrected chi connectivity index (χ3v) is 3.94. The Bertz CT molecular complexity index is 899. The first-order valence-electron chi connectivity index (χ1n) is 8.42. The number of hydrogen-bond acceptors (Lipinski definition) is 7. The molecule has 1 aliphatic heterocycles. The van der Waals surface area contributed by atoms with E-state index in [-0.39, 0.29) is 0 Å². The summed E-state index contributed by atoms with van der Waals surface area (Å²) in [6.45, 7) is 3.83. The highest BCUT2D eigenvalue weighted by molar-refractivity contribution is 5.61. The van der Waals surface area contributed by atoms with Crippen molar-refractivity contribution in [1.29, 1.82) is 0 Å². The van der Waals surface area contributed by atoms with E-state index in [2.05, 4.69) is 57.0 Å². The topological polar surface area (TPSA) is 81.2 Å². The fraction of sp³-hybridized carbons (Fsp3) is 0.211. The number of fused-ring (bicyclic) bond motifs is 1. The predicted molar refractivity (Wildman–Crippen MR) is 99.0 cm³/mol. The summed E-state index contributed by atoms with van der Waals surface area (Å²) in [5.41, 5.74) is 3.24. The van der Waals surface area contributed by atoms with Crippen LogP contribution in [0.15, 0.2) is 48.7 Å². The molecule has 132 valence electrons. The predicted octanol–water partition coefficient (Wildman–Crippen LogP) is 3.31. The van der Waals surface area contributed by atoms with Crippen molar-refractivity contribution < 1.29 is 9.47 Å². The van der Waals surface area contributed by atoms with Crippen molar-refractivity contribution in [1.82, 2.24) is 15.2 Å². The first-order chi connectivity index (χ1) is 12.8. The minimum Gasteiger partial charge on any atom is -0.486 e. The van der Waals surface area contributed by atoms with Gasteiger partial charge in [-0.15, -0.1) is 5.10 Å². The second-order valence-electron chi connectivity index (χ2n) is 5.99. The Hall–Kier alpha value is -3.35. The lowest BCUT2D eigenvalue weighted by molar-refractivity contribution is 0.171. The van der Waals surface area contributed by atoms with Gasteiger partial charge in [-0.05, 0) is 24.6 Å². The van der Waals surface area contributed by atoms with E-state index in [1.165, 1.54) is 5.56 Å². The Morgan fingerprint density at radius 2 is 1.81 bits per heavy atom. The van der Waals surface area contributed by atoms with Crippen LogP contribution < -0.4 is 20.1 Å². The molecule has 2 aromatic carbocycles. The molecule has 0 radical (unpaired) electrons. The Labute approximate surface area is 151 Å². The molecule has 4 rings (SSSR count). The molecule has 0 fully saturated rings. The Kier molecular flexibility index (Phi) is 4.51. The molecule has 1 aromatic heterocycles. The van der Waals surface area contributed by atoms with Crippen molar-refractivity contribution in [2.45, 2.75) is 13.5 Å². The first-order valence-corrected chi connectivity index (χ1v) is 8.42. The van der Waals surface area contributed by atoms with Crippen molar-refractivity contribution >= 4 is 17.5 Å². The molecule has 0 saturated heterocycles. The van der Waals surface area contributed by atoms with E-state index in [1.54, 1.807) is 6.20 Å². The molecule has 26 heavy (non-hydrogen) atoms. The number of aromatic nitrogens is 3. The molecule has 0 atom stereocenters. The quantitative estimate of drug-likeness (QED) is 0.731. The zero-order valence-corrected chi connectivity index (χ0v) is 14.4. The lowest BCUT2D eigenvalue weighted by atomic mass is 10.1. The monoisotopic (exact) mass is 349 g/mol. The summed E-state index contributed by atoms with van der Waals surface area (Å²) < 4.78 is 11.1. The van der Waals surface area contributed by atoms with Crippen molar-refractivity contribution in [3.05, 3.63) is 59.8 Å². The normalized spacial score (nSPS) is 12.5. The Morgan fingerprint density at radius 3 is 2.65 bits per heavy atom. The molecule has 0 unspecified atom stereocenters. The van der Waals surface area contributed by atoms with Gasteiger partial charge in [0.1, 0.15) is 13.2 Å². The zero-order valence-electron chi connectivity index (χ0n) is 14.4. The number of hydrogen-bond donors (Lipinski definition) is 2. The molecule has 0 saturated carbocycles. The van der Waals surface area contributed by atoms with E-state index < -0.39 is 0 Å². The molecule has 2 N–H and O–H groups in total. The van der Waals surface area contributed by atoms with Gasteiger partial charge < -0.3 is 20.1 Å². The summed E-state index contributed by atoms with van der Waals surface area (Å²) in [7, 11) is 0. The molecule has 1 aliphatic rings. The Balaban J connectivity index is 1.43. The molecular weight excluding hydrogens is 330 g/mol. The van der Waals surface area contributed by atoms with Crippen LogP contribution in [0.1, 0.15) is 11.1 Å². The van der Waals surface area contributed by atoms with Gasteiger partial charge >= 0.3 is 0 Å². The van der Waals surface area contributed by atoms with Crippen LogP contribution in [0.2, 0.25) is 0 Å². The van der Waals surface area contributed by atoms with Crippen LogP contribution in [0.4, 0.5) is 17.5 Å². The summed E-state index contributed by atoms with van der Waals surface area (Å²) in [6, 6.07) is 14.0. The largest absolute Gasteiger partial charge is 0.486 e. The van der Waals surface area contributed by atoms with Gasteiger partial charge in [0.25, 0.3) is 0 Å². The van der Waals surface area contributed by atoms with Gasteiger partial charge in [-0.3, -0.25) is 0 Å². The van der Waals surface area contributed by atoms with E-state index in [9.17, 15) is 0 Å². The first kappa shape index (κ1) is 16.1. The second kappa shape index (κ2) is 7.26. The van der Waals surface area contributed by atoms with Crippen LogP contribution in [0.25, 0.3) is 0 Å². The minimum atomic E-state index is 0.466. The molecule has 0 aliphatic carbocycles. The average molecular weight is 349 g/mol. The van der Waals surface area contributed by atoms with Crippen LogP contribution in [0.5, 0.6) is 11.5 Å². The van der Waals surface area contributed by atoms with Crippen molar-refractivity contribution in [3.63, 3.8) is 0 Å². The standard InChI is InChI=1S/C19H19N5O2/c1-13-2-4-14(5-3-13)11-20-19-23-18(12-21-24-19)22-15-6-7-16-17(10-15)26-9-8-25-16/h2-7,10,12H,8-9,11H2,1H3,(H2,20,22,23,24). The average Bonchev–Trinajstić information content (AvgIpc) is 2.68. The highest BCUT2D eigenvalue weighted by Crippen LogP contribution is 2.33. The maximum atomic E-state index is 5.60. The SMILES string of the molecule is Cc1ccc(CNc2nncc(Nc3ccc4c(c3)OCCO4)n2)cc1. The Morgan fingerprint density at radius 1 is 1.00 bits per heavy atom. The maximum Gasteiger partial charge on any atom is 0.244 e. The summed E-state index contributed by atoms with van der Waals surface area (Å²) in [6.07, 6.45) is 1.58. The molecule has 0 amide bonds. The summed E-state index contributed by atoms with van der Waals surface area (Å²) in [5, 5.41) is 14.4. The van der Waals surface area contributed by atoms with Gasteiger partial charge in [-0.25, -0.2) is 0 Å². The summed E-state index contributed by atoms with van der Waals surface area (Å²) in [5.74, 6) is 2.54. The molecular formula is C19H19N5O2. The number of rotatable bonds is 5. The van der Waals surface area contributed by atoms with Crippen molar-refractivity contribution in [3.8, 4) is 11.5 Å². The zero-order chi connectivity index (χ0) is 17.8. The number of anilines is 3. The highest BCUT2D eigenvalue weighted by atomic mass is 16.6. The second-order valence-corrected chi connectivity index (χ2v) is 5.99. The smallest absolute Gasteiger partial charge is 0.244 e. The van der Waals surface area contributed by atoms with Gasteiger partial charge in [-0.2, -0.15) is 10.1 Å². The lowest BCUT2D eigenvalue weighted by Gasteiger charge is -2.19. The fourth-order valence-corrected chi connectivity index (χ4v) is 2.59. The van der Waals surface area contributed by atoms with Crippen LogP contribution in [0, 0.1) is 6.92 Å². The lowest BCUT2D eigenvalue weighted by Crippen LogP contribution is -2.15. The van der Waals surface area contributed by atoms with E-state index >= 15 is 0 Å². The molecule has 0 spiro atoms. The number of benzene rings is 2. The van der Waals surface area contributed by atoms with Crippen LogP contribution >= 0.6 is 0 Å². The van der Waals surface area contributed by atoms with Gasteiger partial charge in [0, 0.05) is 18.3 Å². The summed E-state index contributed by atoms with van der Waals surface area (Å²) in [4.78, 5) is 4.44.